The summed E-state index contributed by atoms with van der Waals surface area (Å²) < 4.78 is 1.59. The summed E-state index contributed by atoms with van der Waals surface area (Å²) in [5, 5.41) is 25.1. The first-order valence-electron chi connectivity index (χ1n) is 22.8. The highest BCUT2D eigenvalue weighted by Crippen LogP contribution is 2.37. The van der Waals surface area contributed by atoms with Crippen LogP contribution in [0.25, 0.3) is 31.2 Å². The number of aromatic amines is 1. The van der Waals surface area contributed by atoms with Crippen LogP contribution in [0.4, 0.5) is 0 Å². The third kappa shape index (κ3) is 12.2. The summed E-state index contributed by atoms with van der Waals surface area (Å²) in [6.45, 7) is 3.58. The topological polar surface area (TPSA) is 325 Å². The van der Waals surface area contributed by atoms with Gasteiger partial charge in [-0.1, -0.05) is 49.7 Å². The maximum absolute atomic E-state index is 15.1. The van der Waals surface area contributed by atoms with Gasteiger partial charge < -0.3 is 53.7 Å². The number of H-pyrrole nitrogens is 1. The quantitative estimate of drug-likeness (QED) is 0.0950. The van der Waals surface area contributed by atoms with E-state index < -0.39 is 108 Å². The number of rotatable bonds is 10. The van der Waals surface area contributed by atoms with Crippen LogP contribution in [0.3, 0.4) is 0 Å². The molecular formula is C46H57N13O8S2. The van der Waals surface area contributed by atoms with Crippen LogP contribution in [0, 0.1) is 5.92 Å². The first-order valence-corrected chi connectivity index (χ1v) is 24.5. The fourth-order valence-corrected chi connectivity index (χ4v) is 10.3. The normalized spacial score (nSPS) is 24.4. The van der Waals surface area contributed by atoms with Crippen molar-refractivity contribution < 1.29 is 38.4 Å². The van der Waals surface area contributed by atoms with Crippen molar-refractivity contribution in [2.24, 2.45) is 23.1 Å². The van der Waals surface area contributed by atoms with E-state index in [-0.39, 0.29) is 32.4 Å². The molecule has 2 aliphatic rings. The maximum Gasteiger partial charge on any atom is 0.246 e. The second-order valence-corrected chi connectivity index (χ2v) is 19.5. The third-order valence-corrected chi connectivity index (χ3v) is 14.7. The number of nitrogens with two attached hydrogens (primary N) is 3. The zero-order chi connectivity index (χ0) is 49.4. The molecule has 5 aromatic rings. The van der Waals surface area contributed by atoms with Gasteiger partial charge in [-0.2, -0.15) is 0 Å². The molecule has 7 rings (SSSR count). The van der Waals surface area contributed by atoms with Crippen LogP contribution in [0.15, 0.2) is 66.3 Å². The molecule has 2 fully saturated rings. The fourth-order valence-electron chi connectivity index (χ4n) is 8.52. The number of carbonyl (C=O) groups is 8. The summed E-state index contributed by atoms with van der Waals surface area (Å²) in [5.74, 6) is -6.80. The van der Waals surface area contributed by atoms with Crippen molar-refractivity contribution >= 4 is 80.8 Å². The van der Waals surface area contributed by atoms with E-state index in [0.717, 1.165) is 25.5 Å². The third-order valence-electron chi connectivity index (χ3n) is 12.6. The average molecular weight is 984 g/mol. The monoisotopic (exact) mass is 983 g/mol. The molecule has 4 aromatic heterocycles. The Balaban J connectivity index is 1.25. The number of para-hydroxylation sites is 1. The number of primary amides is 2. The number of amides is 8. The maximum atomic E-state index is 15.1. The largest absolute Gasteiger partial charge is 0.370 e. The van der Waals surface area contributed by atoms with E-state index in [0.29, 0.717) is 30.5 Å². The summed E-state index contributed by atoms with van der Waals surface area (Å²) >= 11 is 3.15. The number of nitrogens with zero attached hydrogens (tertiary/aromatic N) is 4. The van der Waals surface area contributed by atoms with E-state index in [9.17, 15) is 33.6 Å². The second-order valence-electron chi connectivity index (χ2n) is 17.5. The van der Waals surface area contributed by atoms with E-state index in [4.69, 9.17) is 17.2 Å². The Morgan fingerprint density at radius 1 is 0.870 bits per heavy atom. The lowest BCUT2D eigenvalue weighted by Crippen LogP contribution is -2.60. The lowest BCUT2D eigenvalue weighted by atomic mass is 9.96. The number of fused-ring (bicyclic) bond motifs is 2. The van der Waals surface area contributed by atoms with Crippen molar-refractivity contribution in [1.29, 1.82) is 0 Å². The molecule has 0 spiro atoms. The predicted octanol–water partition coefficient (Wildman–Crippen LogP) is 0.965. The van der Waals surface area contributed by atoms with Gasteiger partial charge in [0, 0.05) is 52.8 Å². The molecule has 23 heteroatoms. The van der Waals surface area contributed by atoms with Crippen molar-refractivity contribution in [3.63, 3.8) is 0 Å². The number of hydrogen-bond donors (Lipinski definition) is 9. The zero-order valence-electron chi connectivity index (χ0n) is 38.1. The molecule has 8 amide bonds. The van der Waals surface area contributed by atoms with Crippen LogP contribution in [-0.2, 0) is 44.8 Å². The fraction of sp³-hybridized carbons (Fsp3) is 0.435. The number of nitrogens with one attached hydrogen (secondary N) is 6. The predicted molar refractivity (Wildman–Crippen MR) is 257 cm³/mol. The van der Waals surface area contributed by atoms with Gasteiger partial charge in [0.1, 0.15) is 35.9 Å². The summed E-state index contributed by atoms with van der Waals surface area (Å²) in [6.07, 6.45) is 3.48. The standard InChI is InChI=1S/C46H57N13O8S2/c1-3-24(2)40-46(67)58-22-26(59-23-33(56-57-59)35-13-14-37(69-35)36-12-8-16-68-36)18-34(58)45(66)54-31(17-25-21-51-29-10-5-4-9-27(25)29)43(64)52-30(41(49)62)11-6-7-15-50-39(61)19-28(47)42(63)53-32(20-38(48)60)44(65)55-40/h4-5,8-10,12-14,16,21,23-24,26,28,30-32,34,40,51H,3,6-7,11,15,17-20,22,47H2,1-2H3,(H2,48,60)(H2,49,62)(H,50,61)(H,52,64)(H,53,63)(H,54,66)(H,55,65)/t24-,26-,28-,30-,31-,32?,34-,40-/m0/s1. The minimum absolute atomic E-state index is 0.0166. The lowest BCUT2D eigenvalue weighted by Gasteiger charge is -2.33. The first-order chi connectivity index (χ1) is 33.1. The van der Waals surface area contributed by atoms with Gasteiger partial charge in [0.2, 0.25) is 47.3 Å². The molecule has 1 aromatic carbocycles. The minimum atomic E-state index is -1.58. The summed E-state index contributed by atoms with van der Waals surface area (Å²) in [7, 11) is 0. The molecule has 366 valence electrons. The van der Waals surface area contributed by atoms with Crippen molar-refractivity contribution in [2.75, 3.05) is 13.1 Å². The van der Waals surface area contributed by atoms with Crippen LogP contribution in [0.1, 0.15) is 70.4 Å². The van der Waals surface area contributed by atoms with Crippen molar-refractivity contribution in [2.45, 2.75) is 108 Å². The van der Waals surface area contributed by atoms with Crippen LogP contribution in [0.5, 0.6) is 0 Å². The number of carbonyl (C=O) groups excluding carboxylic acids is 8. The van der Waals surface area contributed by atoms with Gasteiger partial charge in [0.25, 0.3) is 0 Å². The Kier molecular flexibility index (Phi) is 16.2. The molecule has 8 atom stereocenters. The Bertz CT molecular complexity index is 2680. The molecule has 12 N–H and O–H groups in total. The number of benzene rings is 1. The Hall–Kier alpha value is -6.98. The van der Waals surface area contributed by atoms with E-state index in [1.807, 2.05) is 53.9 Å². The molecule has 2 saturated heterocycles. The van der Waals surface area contributed by atoms with Gasteiger partial charge in [-0.05, 0) is 60.4 Å². The van der Waals surface area contributed by atoms with Crippen LogP contribution in [-0.4, -0.2) is 121 Å². The SMILES string of the molecule is CC[C@H](C)[C@@H]1NC(=O)C(CC(N)=O)NC(=O)[C@@H](N)CC(=O)NCCCC[C@@H](C(N)=O)NC(=O)[C@H](Cc2c[nH]c3ccccc23)NC(=O)[C@@H]2C[C@H](n3cc(-c4ccc(-c5cccs5)s4)nn3)CN2C1=O. The van der Waals surface area contributed by atoms with Gasteiger partial charge in [-0.15, -0.1) is 27.8 Å². The van der Waals surface area contributed by atoms with Gasteiger partial charge in [-0.3, -0.25) is 38.4 Å². The first kappa shape index (κ1) is 49.9. The molecule has 1 unspecified atom stereocenters. The van der Waals surface area contributed by atoms with Gasteiger partial charge in [0.05, 0.1) is 36.0 Å². The van der Waals surface area contributed by atoms with Crippen LogP contribution in [0.2, 0.25) is 0 Å². The minimum Gasteiger partial charge on any atom is -0.370 e. The van der Waals surface area contributed by atoms with Crippen LogP contribution >= 0.6 is 22.7 Å². The Labute approximate surface area is 405 Å². The van der Waals surface area contributed by atoms with Gasteiger partial charge in [-0.25, -0.2) is 4.68 Å². The van der Waals surface area contributed by atoms with E-state index in [1.165, 1.54) is 4.90 Å². The summed E-state index contributed by atoms with van der Waals surface area (Å²) in [5.41, 5.74) is 19.4. The second kappa shape index (κ2) is 22.4. The highest BCUT2D eigenvalue weighted by atomic mass is 32.1. The molecular weight excluding hydrogens is 927 g/mol. The molecule has 69 heavy (non-hydrogen) atoms. The Morgan fingerprint density at radius 2 is 1.62 bits per heavy atom. The van der Waals surface area contributed by atoms with E-state index >= 15 is 4.79 Å². The number of hydrogen-bond acceptors (Lipinski definition) is 13. The molecule has 6 heterocycles. The summed E-state index contributed by atoms with van der Waals surface area (Å²) in [4.78, 5) is 117. The van der Waals surface area contributed by atoms with Crippen molar-refractivity contribution in [1.82, 2.24) is 51.5 Å². The molecule has 21 nitrogen and oxygen atoms in total. The highest BCUT2D eigenvalue weighted by Gasteiger charge is 2.45. The van der Waals surface area contributed by atoms with Gasteiger partial charge in [0.15, 0.2) is 0 Å². The average Bonchev–Trinajstić information content (AvgIpc) is 4.19. The zero-order valence-corrected chi connectivity index (χ0v) is 39.8. The van der Waals surface area contributed by atoms with Crippen LogP contribution < -0.4 is 43.8 Å². The molecule has 0 aliphatic carbocycles. The lowest BCUT2D eigenvalue weighted by molar-refractivity contribution is -0.143. The molecule has 2 aliphatic heterocycles. The van der Waals surface area contributed by atoms with E-state index in [2.05, 4.69) is 41.9 Å². The van der Waals surface area contributed by atoms with Crippen molar-refractivity contribution in [3.8, 4) is 20.3 Å². The summed E-state index contributed by atoms with van der Waals surface area (Å²) in [6, 6.07) is 6.78. The molecule has 0 saturated carbocycles. The van der Waals surface area contributed by atoms with E-state index in [1.54, 1.807) is 53.6 Å². The Morgan fingerprint density at radius 3 is 2.36 bits per heavy atom. The smallest absolute Gasteiger partial charge is 0.246 e. The number of aromatic nitrogens is 4. The molecule has 0 bridgehead atoms. The molecule has 0 radical (unpaired) electrons. The number of thiophene rings is 2. The van der Waals surface area contributed by atoms with Gasteiger partial charge >= 0.3 is 0 Å². The highest BCUT2D eigenvalue weighted by molar-refractivity contribution is 7.23. The van der Waals surface area contributed by atoms with Crippen molar-refractivity contribution in [3.05, 3.63) is 71.9 Å².